The van der Waals surface area contributed by atoms with E-state index in [0.29, 0.717) is 23.7 Å². The molecule has 0 saturated heterocycles. The Bertz CT molecular complexity index is 788. The van der Waals surface area contributed by atoms with Gasteiger partial charge in [-0.15, -0.1) is 0 Å². The van der Waals surface area contributed by atoms with Crippen LogP contribution in [0.1, 0.15) is 29.3 Å². The number of hydrogen-bond donors (Lipinski definition) is 1. The average molecular weight is 387 g/mol. The smallest absolute Gasteiger partial charge is 0.341 e. The fourth-order valence-electron chi connectivity index (χ4n) is 2.39. The lowest BCUT2D eigenvalue weighted by atomic mass is 10.1. The molecule has 0 aromatic heterocycles. The molecule has 0 saturated carbocycles. The molecule has 7 heteroatoms. The zero-order chi connectivity index (χ0) is 20.4. The summed E-state index contributed by atoms with van der Waals surface area (Å²) in [6.45, 7) is 2.83. The summed E-state index contributed by atoms with van der Waals surface area (Å²) in [5, 5.41) is 2.75. The van der Waals surface area contributed by atoms with Crippen molar-refractivity contribution in [1.29, 1.82) is 0 Å². The van der Waals surface area contributed by atoms with Crippen LogP contribution in [0.3, 0.4) is 0 Å². The minimum absolute atomic E-state index is 0.116. The highest BCUT2D eigenvalue weighted by Gasteiger charge is 2.13. The fourth-order valence-corrected chi connectivity index (χ4v) is 2.39. The number of hydrogen-bond acceptors (Lipinski definition) is 6. The number of carbonyl (C=O) groups is 2. The molecular weight excluding hydrogens is 362 g/mol. The summed E-state index contributed by atoms with van der Waals surface area (Å²) in [7, 11) is 2.78. The molecule has 2 rings (SSSR count). The van der Waals surface area contributed by atoms with Gasteiger partial charge in [-0.2, -0.15) is 0 Å². The van der Waals surface area contributed by atoms with Crippen LogP contribution in [0.4, 0.5) is 0 Å². The molecule has 0 atom stereocenters. The molecule has 1 N–H and O–H groups in total. The maximum atomic E-state index is 12.0. The van der Waals surface area contributed by atoms with Gasteiger partial charge in [0.05, 0.1) is 20.8 Å². The van der Waals surface area contributed by atoms with Crippen molar-refractivity contribution in [3.63, 3.8) is 0 Å². The van der Waals surface area contributed by atoms with E-state index in [1.807, 2.05) is 6.92 Å². The standard InChI is InChI=1S/C21H25NO6/c1-4-11-27-16-6-8-17(9-7-16)28-14-20(23)22-13-15-5-10-19(25-2)18(12-15)21(24)26-3/h5-10,12H,4,11,13-14H2,1-3H3,(H,22,23). The monoisotopic (exact) mass is 387 g/mol. The highest BCUT2D eigenvalue weighted by Crippen LogP contribution is 2.21. The zero-order valence-electron chi connectivity index (χ0n) is 16.3. The molecule has 0 aliphatic rings. The van der Waals surface area contributed by atoms with Crippen molar-refractivity contribution >= 4 is 11.9 Å². The Labute approximate surface area is 164 Å². The molecule has 0 radical (unpaired) electrons. The average Bonchev–Trinajstić information content (AvgIpc) is 2.74. The van der Waals surface area contributed by atoms with Crippen LogP contribution in [0, 0.1) is 0 Å². The molecule has 7 nitrogen and oxygen atoms in total. The predicted octanol–water partition coefficient (Wildman–Crippen LogP) is 2.97. The maximum Gasteiger partial charge on any atom is 0.341 e. The summed E-state index contributed by atoms with van der Waals surface area (Å²) in [5.74, 6) is 0.981. The van der Waals surface area contributed by atoms with Crippen molar-refractivity contribution in [3.05, 3.63) is 53.6 Å². The van der Waals surface area contributed by atoms with E-state index in [2.05, 4.69) is 5.32 Å². The lowest BCUT2D eigenvalue weighted by Crippen LogP contribution is -2.28. The second kappa shape index (κ2) is 10.8. The molecule has 0 bridgehead atoms. The Morgan fingerprint density at radius 1 is 0.964 bits per heavy atom. The highest BCUT2D eigenvalue weighted by molar-refractivity contribution is 5.92. The Balaban J connectivity index is 1.84. The van der Waals surface area contributed by atoms with Crippen LogP contribution in [0.5, 0.6) is 17.2 Å². The molecule has 0 heterocycles. The zero-order valence-corrected chi connectivity index (χ0v) is 16.3. The Morgan fingerprint density at radius 2 is 1.64 bits per heavy atom. The number of methoxy groups -OCH3 is 2. The van der Waals surface area contributed by atoms with E-state index in [1.165, 1.54) is 14.2 Å². The van der Waals surface area contributed by atoms with Crippen LogP contribution >= 0.6 is 0 Å². The van der Waals surface area contributed by atoms with Crippen LogP contribution in [0.25, 0.3) is 0 Å². The van der Waals surface area contributed by atoms with Gasteiger partial charge in [0.2, 0.25) is 0 Å². The lowest BCUT2D eigenvalue weighted by molar-refractivity contribution is -0.123. The molecule has 150 valence electrons. The van der Waals surface area contributed by atoms with Crippen molar-refractivity contribution in [3.8, 4) is 17.2 Å². The van der Waals surface area contributed by atoms with E-state index < -0.39 is 5.97 Å². The van der Waals surface area contributed by atoms with Gasteiger partial charge in [0.15, 0.2) is 6.61 Å². The Hall–Kier alpha value is -3.22. The molecule has 0 aliphatic carbocycles. The summed E-state index contributed by atoms with van der Waals surface area (Å²) in [4.78, 5) is 23.8. The third-order valence-electron chi connectivity index (χ3n) is 3.83. The van der Waals surface area contributed by atoms with Crippen LogP contribution in [0.2, 0.25) is 0 Å². The van der Waals surface area contributed by atoms with Crippen molar-refractivity contribution < 1.29 is 28.5 Å². The molecule has 2 aromatic rings. The van der Waals surface area contributed by atoms with E-state index in [0.717, 1.165) is 17.7 Å². The van der Waals surface area contributed by atoms with E-state index >= 15 is 0 Å². The second-order valence-electron chi connectivity index (χ2n) is 5.91. The van der Waals surface area contributed by atoms with Gasteiger partial charge in [0.25, 0.3) is 5.91 Å². The van der Waals surface area contributed by atoms with E-state index in [1.54, 1.807) is 42.5 Å². The van der Waals surface area contributed by atoms with Gasteiger partial charge in [-0.25, -0.2) is 4.79 Å². The molecule has 28 heavy (non-hydrogen) atoms. The quantitative estimate of drug-likeness (QED) is 0.631. The van der Waals surface area contributed by atoms with Crippen LogP contribution in [-0.2, 0) is 16.1 Å². The van der Waals surface area contributed by atoms with E-state index in [9.17, 15) is 9.59 Å². The highest BCUT2D eigenvalue weighted by atomic mass is 16.5. The first-order chi connectivity index (χ1) is 13.6. The molecule has 2 aromatic carbocycles. The maximum absolute atomic E-state index is 12.0. The number of rotatable bonds is 10. The van der Waals surface area contributed by atoms with Gasteiger partial charge < -0.3 is 24.3 Å². The summed E-state index contributed by atoms with van der Waals surface area (Å²) < 4.78 is 20.9. The lowest BCUT2D eigenvalue weighted by Gasteiger charge is -2.11. The van der Waals surface area contributed by atoms with Crippen molar-refractivity contribution in [2.75, 3.05) is 27.4 Å². The summed E-state index contributed by atoms with van der Waals surface area (Å²) in [5.41, 5.74) is 1.05. The first-order valence-corrected chi connectivity index (χ1v) is 8.95. The van der Waals surface area contributed by atoms with Crippen LogP contribution in [0.15, 0.2) is 42.5 Å². The molecule has 0 spiro atoms. The van der Waals surface area contributed by atoms with E-state index in [-0.39, 0.29) is 19.1 Å². The SMILES string of the molecule is CCCOc1ccc(OCC(=O)NCc2ccc(OC)c(C(=O)OC)c2)cc1. The van der Waals surface area contributed by atoms with Gasteiger partial charge in [-0.3, -0.25) is 4.79 Å². The number of ether oxygens (including phenoxy) is 4. The minimum Gasteiger partial charge on any atom is -0.496 e. The largest absolute Gasteiger partial charge is 0.496 e. The number of nitrogens with one attached hydrogen (secondary N) is 1. The van der Waals surface area contributed by atoms with E-state index in [4.69, 9.17) is 18.9 Å². The molecule has 1 amide bonds. The molecule has 0 aliphatic heterocycles. The van der Waals surface area contributed by atoms with Crippen molar-refractivity contribution in [1.82, 2.24) is 5.32 Å². The molecular formula is C21H25NO6. The van der Waals surface area contributed by atoms with Crippen LogP contribution < -0.4 is 19.5 Å². The van der Waals surface area contributed by atoms with Crippen LogP contribution in [-0.4, -0.2) is 39.3 Å². The topological polar surface area (TPSA) is 83.1 Å². The Kier molecular flexibility index (Phi) is 8.14. The summed E-state index contributed by atoms with van der Waals surface area (Å²) >= 11 is 0. The fraction of sp³-hybridized carbons (Fsp3) is 0.333. The number of benzene rings is 2. The normalized spacial score (nSPS) is 10.1. The number of esters is 1. The van der Waals surface area contributed by atoms with Crippen molar-refractivity contribution in [2.24, 2.45) is 0 Å². The predicted molar refractivity (Wildman–Crippen MR) is 104 cm³/mol. The van der Waals surface area contributed by atoms with Crippen molar-refractivity contribution in [2.45, 2.75) is 19.9 Å². The third kappa shape index (κ3) is 6.19. The molecule has 0 unspecified atom stereocenters. The summed E-state index contributed by atoms with van der Waals surface area (Å²) in [6.07, 6.45) is 0.938. The third-order valence-corrected chi connectivity index (χ3v) is 3.83. The van der Waals surface area contributed by atoms with Gasteiger partial charge in [-0.05, 0) is 48.4 Å². The number of amides is 1. The van der Waals surface area contributed by atoms with Gasteiger partial charge in [0, 0.05) is 6.54 Å². The number of carbonyl (C=O) groups excluding carboxylic acids is 2. The first kappa shape index (κ1) is 21.1. The van der Waals surface area contributed by atoms with Gasteiger partial charge in [0.1, 0.15) is 22.8 Å². The van der Waals surface area contributed by atoms with Gasteiger partial charge >= 0.3 is 5.97 Å². The summed E-state index contributed by atoms with van der Waals surface area (Å²) in [6, 6.07) is 12.2. The minimum atomic E-state index is -0.500. The molecule has 0 fully saturated rings. The van der Waals surface area contributed by atoms with Gasteiger partial charge in [-0.1, -0.05) is 13.0 Å². The second-order valence-corrected chi connectivity index (χ2v) is 5.91. The first-order valence-electron chi connectivity index (χ1n) is 8.95. The Morgan fingerprint density at radius 3 is 2.25 bits per heavy atom.